The summed E-state index contributed by atoms with van der Waals surface area (Å²) >= 11 is 0. The number of hydrogen-bond donors (Lipinski definition) is 0. The third kappa shape index (κ3) is 2.61. The van der Waals surface area contributed by atoms with Crippen molar-refractivity contribution >= 4 is 10.0 Å². The van der Waals surface area contributed by atoms with Crippen molar-refractivity contribution in [3.8, 4) is 0 Å². The highest BCUT2D eigenvalue weighted by molar-refractivity contribution is 7.89. The molecule has 0 N–H and O–H groups in total. The summed E-state index contributed by atoms with van der Waals surface area (Å²) in [5.74, 6) is 0.190. The zero-order chi connectivity index (χ0) is 14.9. The van der Waals surface area contributed by atoms with Gasteiger partial charge in [-0.1, -0.05) is 6.92 Å². The summed E-state index contributed by atoms with van der Waals surface area (Å²) in [6.07, 6.45) is 6.06. The molecule has 2 aromatic heterocycles. The lowest BCUT2D eigenvalue weighted by molar-refractivity contribution is 0.298. The topological polar surface area (TPSA) is 55.2 Å². The van der Waals surface area contributed by atoms with E-state index >= 15 is 0 Å². The van der Waals surface area contributed by atoms with Crippen molar-refractivity contribution in [3.05, 3.63) is 54.1 Å². The summed E-state index contributed by atoms with van der Waals surface area (Å²) in [5.41, 5.74) is 1.98. The van der Waals surface area contributed by atoms with E-state index in [4.69, 9.17) is 0 Å². The SMILES string of the molecule is CCCS(=O)(=O)N1CCn2cccc2C1c1ccncc1. The average Bonchev–Trinajstić information content (AvgIpc) is 2.95. The molecular formula is C15H19N3O2S. The molecule has 0 saturated carbocycles. The smallest absolute Gasteiger partial charge is 0.215 e. The van der Waals surface area contributed by atoms with Gasteiger partial charge in [0.1, 0.15) is 0 Å². The summed E-state index contributed by atoms with van der Waals surface area (Å²) in [5, 5.41) is 0. The second-order valence-electron chi connectivity index (χ2n) is 5.24. The Hall–Kier alpha value is -1.66. The van der Waals surface area contributed by atoms with E-state index in [0.29, 0.717) is 19.5 Å². The van der Waals surface area contributed by atoms with Crippen molar-refractivity contribution in [1.29, 1.82) is 0 Å². The summed E-state index contributed by atoms with van der Waals surface area (Å²) in [6.45, 7) is 3.11. The molecule has 0 amide bonds. The van der Waals surface area contributed by atoms with Gasteiger partial charge in [0.15, 0.2) is 0 Å². The van der Waals surface area contributed by atoms with Crippen molar-refractivity contribution in [2.24, 2.45) is 0 Å². The largest absolute Gasteiger partial charge is 0.348 e. The first-order valence-electron chi connectivity index (χ1n) is 7.18. The summed E-state index contributed by atoms with van der Waals surface area (Å²) in [6, 6.07) is 7.50. The zero-order valence-electron chi connectivity index (χ0n) is 12.0. The van der Waals surface area contributed by atoms with Gasteiger partial charge in [-0.05, 0) is 36.2 Å². The minimum Gasteiger partial charge on any atom is -0.348 e. The molecule has 0 saturated heterocycles. The number of aromatic nitrogens is 2. The molecule has 0 aromatic carbocycles. The van der Waals surface area contributed by atoms with Crippen molar-refractivity contribution in [2.45, 2.75) is 25.9 Å². The van der Waals surface area contributed by atoms with E-state index < -0.39 is 10.0 Å². The molecule has 6 heteroatoms. The fraction of sp³-hybridized carbons (Fsp3) is 0.400. The number of nitrogens with zero attached hydrogens (tertiary/aromatic N) is 3. The highest BCUT2D eigenvalue weighted by Gasteiger charge is 2.35. The third-order valence-electron chi connectivity index (χ3n) is 3.84. The molecule has 3 heterocycles. The van der Waals surface area contributed by atoms with E-state index in [1.807, 2.05) is 37.4 Å². The lowest BCUT2D eigenvalue weighted by Gasteiger charge is -2.36. The fourth-order valence-electron chi connectivity index (χ4n) is 2.92. The first-order chi connectivity index (χ1) is 10.1. The van der Waals surface area contributed by atoms with Crippen molar-refractivity contribution in [2.75, 3.05) is 12.3 Å². The van der Waals surface area contributed by atoms with Crippen LogP contribution in [-0.2, 0) is 16.6 Å². The lowest BCUT2D eigenvalue weighted by atomic mass is 10.0. The molecule has 0 radical (unpaired) electrons. The van der Waals surface area contributed by atoms with E-state index in [2.05, 4.69) is 9.55 Å². The molecule has 5 nitrogen and oxygen atoms in total. The Morgan fingerprint density at radius 3 is 2.71 bits per heavy atom. The monoisotopic (exact) mass is 305 g/mol. The van der Waals surface area contributed by atoms with Crippen molar-refractivity contribution < 1.29 is 8.42 Å². The number of pyridine rings is 1. The Kier molecular flexibility index (Phi) is 3.82. The van der Waals surface area contributed by atoms with Crippen LogP contribution >= 0.6 is 0 Å². The number of rotatable bonds is 4. The molecule has 0 fully saturated rings. The maximum Gasteiger partial charge on any atom is 0.215 e. The predicted octanol–water partition coefficient (Wildman–Crippen LogP) is 2.03. The van der Waals surface area contributed by atoms with Gasteiger partial charge >= 0.3 is 0 Å². The molecule has 0 aliphatic carbocycles. The Labute approximate surface area is 125 Å². The van der Waals surface area contributed by atoms with Crippen LogP contribution in [0.5, 0.6) is 0 Å². The molecule has 21 heavy (non-hydrogen) atoms. The molecule has 0 spiro atoms. The van der Waals surface area contributed by atoms with E-state index in [1.54, 1.807) is 16.7 Å². The third-order valence-corrected chi connectivity index (χ3v) is 5.87. The van der Waals surface area contributed by atoms with Gasteiger partial charge in [0.25, 0.3) is 0 Å². The predicted molar refractivity (Wildman–Crippen MR) is 81.3 cm³/mol. The first kappa shape index (κ1) is 14.3. The van der Waals surface area contributed by atoms with Crippen LogP contribution in [0.25, 0.3) is 0 Å². The van der Waals surface area contributed by atoms with E-state index in [1.165, 1.54) is 0 Å². The lowest BCUT2D eigenvalue weighted by Crippen LogP contribution is -2.43. The molecule has 1 aliphatic heterocycles. The van der Waals surface area contributed by atoms with E-state index in [-0.39, 0.29) is 11.8 Å². The average molecular weight is 305 g/mol. The van der Waals surface area contributed by atoms with Crippen LogP contribution in [0, 0.1) is 0 Å². The van der Waals surface area contributed by atoms with Crippen LogP contribution in [0.15, 0.2) is 42.9 Å². The molecule has 3 rings (SSSR count). The molecule has 0 bridgehead atoms. The van der Waals surface area contributed by atoms with Crippen molar-refractivity contribution in [1.82, 2.24) is 13.9 Å². The molecular weight excluding hydrogens is 286 g/mol. The van der Waals surface area contributed by atoms with Crippen molar-refractivity contribution in [3.63, 3.8) is 0 Å². The van der Waals surface area contributed by atoms with Gasteiger partial charge in [0.2, 0.25) is 10.0 Å². The van der Waals surface area contributed by atoms with Gasteiger partial charge in [-0.2, -0.15) is 4.31 Å². The summed E-state index contributed by atoms with van der Waals surface area (Å²) in [4.78, 5) is 4.03. The second-order valence-corrected chi connectivity index (χ2v) is 7.28. The van der Waals surface area contributed by atoms with E-state index in [9.17, 15) is 8.42 Å². The maximum absolute atomic E-state index is 12.6. The number of fused-ring (bicyclic) bond motifs is 1. The van der Waals surface area contributed by atoms with Crippen LogP contribution in [0.1, 0.15) is 30.6 Å². The maximum atomic E-state index is 12.6. The van der Waals surface area contributed by atoms with Gasteiger partial charge in [-0.15, -0.1) is 0 Å². The Morgan fingerprint density at radius 2 is 2.00 bits per heavy atom. The fourth-order valence-corrected chi connectivity index (χ4v) is 4.58. The van der Waals surface area contributed by atoms with Crippen LogP contribution in [0.4, 0.5) is 0 Å². The van der Waals surface area contributed by atoms with Gasteiger partial charge in [-0.25, -0.2) is 8.42 Å². The first-order valence-corrected chi connectivity index (χ1v) is 8.79. The number of sulfonamides is 1. The van der Waals surface area contributed by atoms with Gasteiger partial charge < -0.3 is 4.57 Å². The minimum absolute atomic E-state index is 0.190. The Morgan fingerprint density at radius 1 is 1.24 bits per heavy atom. The van der Waals surface area contributed by atoms with E-state index in [0.717, 1.165) is 11.3 Å². The summed E-state index contributed by atoms with van der Waals surface area (Å²) < 4.78 is 29.0. The van der Waals surface area contributed by atoms with Gasteiger partial charge in [0.05, 0.1) is 11.8 Å². The van der Waals surface area contributed by atoms with Gasteiger partial charge in [0, 0.05) is 37.4 Å². The molecule has 112 valence electrons. The molecule has 1 unspecified atom stereocenters. The highest BCUT2D eigenvalue weighted by Crippen LogP contribution is 2.34. The standard InChI is InChI=1S/C15H19N3O2S/c1-2-12-21(19,20)18-11-10-17-9-3-4-14(17)15(18)13-5-7-16-8-6-13/h3-9,15H,2,10-12H2,1H3. The normalized spacial score (nSPS) is 19.4. The van der Waals surface area contributed by atoms with Crippen LogP contribution < -0.4 is 0 Å². The molecule has 2 aromatic rings. The van der Waals surface area contributed by atoms with Crippen LogP contribution in [0.2, 0.25) is 0 Å². The number of hydrogen-bond acceptors (Lipinski definition) is 3. The van der Waals surface area contributed by atoms with Gasteiger partial charge in [-0.3, -0.25) is 4.98 Å². The minimum atomic E-state index is -3.25. The molecule has 1 aliphatic rings. The highest BCUT2D eigenvalue weighted by atomic mass is 32.2. The summed E-state index contributed by atoms with van der Waals surface area (Å²) in [7, 11) is -3.25. The Bertz CT molecular complexity index is 710. The quantitative estimate of drug-likeness (QED) is 0.868. The van der Waals surface area contributed by atoms with Crippen LogP contribution in [0.3, 0.4) is 0 Å². The Balaban J connectivity index is 2.09. The second kappa shape index (κ2) is 5.61. The zero-order valence-corrected chi connectivity index (χ0v) is 12.8. The molecule has 1 atom stereocenters. The van der Waals surface area contributed by atoms with Crippen LogP contribution in [-0.4, -0.2) is 34.6 Å².